The van der Waals surface area contributed by atoms with Crippen molar-refractivity contribution >= 4 is 28.5 Å². The first-order valence-electron chi connectivity index (χ1n) is 8.42. The molecule has 1 aliphatic rings. The molecule has 1 atom stereocenters. The number of carbonyl (C=O) groups is 1. The van der Waals surface area contributed by atoms with Gasteiger partial charge in [-0.3, -0.25) is 4.79 Å². The van der Waals surface area contributed by atoms with Gasteiger partial charge in [0.15, 0.2) is 0 Å². The lowest BCUT2D eigenvalue weighted by atomic mass is 10.1. The van der Waals surface area contributed by atoms with E-state index in [0.717, 1.165) is 16.9 Å². The monoisotopic (exact) mass is 355 g/mol. The van der Waals surface area contributed by atoms with Gasteiger partial charge in [0.25, 0.3) is 5.91 Å². The van der Waals surface area contributed by atoms with Crippen LogP contribution in [0.3, 0.4) is 0 Å². The van der Waals surface area contributed by atoms with Gasteiger partial charge in [-0.2, -0.15) is 0 Å². The molecule has 3 N–H and O–H groups in total. The number of anilines is 3. The summed E-state index contributed by atoms with van der Waals surface area (Å²) in [5, 5.41) is 9.24. The molecular weight excluding hydrogens is 333 g/mol. The highest BCUT2D eigenvalue weighted by molar-refractivity contribution is 6.31. The second kappa shape index (κ2) is 7.58. The topological polar surface area (TPSA) is 62.4 Å². The average Bonchev–Trinajstić information content (AvgIpc) is 2.90. The summed E-state index contributed by atoms with van der Waals surface area (Å²) < 4.78 is 18.6. The largest absolute Gasteiger partial charge is 0.383 e. The number of aryl methyl sites for hydroxylation is 1. The molecule has 5 nitrogen and oxygen atoms in total. The molecule has 6 heteroatoms. The fourth-order valence-electron chi connectivity index (χ4n) is 2.93. The molecule has 26 heavy (non-hydrogen) atoms. The Balaban J connectivity index is 1.76. The number of benzene rings is 2. The van der Waals surface area contributed by atoms with E-state index in [-0.39, 0.29) is 17.8 Å². The molecule has 2 aromatic carbocycles. The SMILES string of the molecule is COCC(C)Nc1ccc(NC=C2C(=O)Nc3ccc(F)cc32)cc1C. The van der Waals surface area contributed by atoms with Crippen LogP contribution in [0.25, 0.3) is 5.57 Å². The van der Waals surface area contributed by atoms with Gasteiger partial charge in [-0.05, 0) is 55.8 Å². The Labute approximate surface area is 152 Å². The first kappa shape index (κ1) is 17.9. The Morgan fingerprint density at radius 3 is 2.81 bits per heavy atom. The Kier molecular flexibility index (Phi) is 5.23. The van der Waals surface area contributed by atoms with Crippen LogP contribution >= 0.6 is 0 Å². The summed E-state index contributed by atoms with van der Waals surface area (Å²) in [6.07, 6.45) is 1.61. The molecule has 136 valence electrons. The predicted molar refractivity (Wildman–Crippen MR) is 103 cm³/mol. The van der Waals surface area contributed by atoms with Gasteiger partial charge in [-0.1, -0.05) is 0 Å². The summed E-state index contributed by atoms with van der Waals surface area (Å²) in [5.41, 5.74) is 4.53. The van der Waals surface area contributed by atoms with E-state index in [1.165, 1.54) is 12.1 Å². The molecule has 0 aliphatic carbocycles. The number of nitrogens with one attached hydrogen (secondary N) is 3. The first-order chi connectivity index (χ1) is 12.5. The fraction of sp³-hybridized carbons (Fsp3) is 0.250. The number of carbonyl (C=O) groups excluding carboxylic acids is 1. The minimum absolute atomic E-state index is 0.202. The van der Waals surface area contributed by atoms with E-state index in [1.807, 2.05) is 25.1 Å². The van der Waals surface area contributed by atoms with Gasteiger partial charge in [0.1, 0.15) is 5.82 Å². The molecule has 0 spiro atoms. The van der Waals surface area contributed by atoms with Crippen LogP contribution in [0.1, 0.15) is 18.1 Å². The van der Waals surface area contributed by atoms with Gasteiger partial charge in [0, 0.05) is 42.0 Å². The van der Waals surface area contributed by atoms with Crippen molar-refractivity contribution in [2.75, 3.05) is 29.7 Å². The van der Waals surface area contributed by atoms with Crippen LogP contribution < -0.4 is 16.0 Å². The summed E-state index contributed by atoms with van der Waals surface area (Å²) in [6, 6.07) is 10.3. The first-order valence-corrected chi connectivity index (χ1v) is 8.42. The number of methoxy groups -OCH3 is 1. The molecule has 0 radical (unpaired) electrons. The average molecular weight is 355 g/mol. The molecule has 0 aromatic heterocycles. The lowest BCUT2D eigenvalue weighted by molar-refractivity contribution is -0.110. The normalized spacial score (nSPS) is 15.5. The maximum Gasteiger partial charge on any atom is 0.257 e. The van der Waals surface area contributed by atoms with Crippen molar-refractivity contribution in [2.45, 2.75) is 19.9 Å². The van der Waals surface area contributed by atoms with Gasteiger partial charge in [-0.25, -0.2) is 4.39 Å². The van der Waals surface area contributed by atoms with Gasteiger partial charge in [0.05, 0.1) is 12.2 Å². The molecule has 1 unspecified atom stereocenters. The van der Waals surface area contributed by atoms with Crippen molar-refractivity contribution in [3.63, 3.8) is 0 Å². The molecule has 2 aromatic rings. The van der Waals surface area contributed by atoms with Gasteiger partial charge in [-0.15, -0.1) is 0 Å². The van der Waals surface area contributed by atoms with Gasteiger partial charge >= 0.3 is 0 Å². The molecule has 0 saturated heterocycles. The maximum absolute atomic E-state index is 13.5. The smallest absolute Gasteiger partial charge is 0.257 e. The van der Waals surface area contributed by atoms with Crippen LogP contribution in [0, 0.1) is 12.7 Å². The van der Waals surface area contributed by atoms with E-state index in [9.17, 15) is 9.18 Å². The number of amides is 1. The third kappa shape index (κ3) is 3.86. The van der Waals surface area contributed by atoms with Crippen molar-refractivity contribution < 1.29 is 13.9 Å². The summed E-state index contributed by atoms with van der Waals surface area (Å²) in [6.45, 7) is 4.68. The van der Waals surface area contributed by atoms with E-state index in [0.29, 0.717) is 23.4 Å². The zero-order chi connectivity index (χ0) is 18.7. The number of halogens is 1. The van der Waals surface area contributed by atoms with Crippen LogP contribution in [0.2, 0.25) is 0 Å². The summed E-state index contributed by atoms with van der Waals surface area (Å²) in [5.74, 6) is -0.621. The van der Waals surface area contributed by atoms with Crippen LogP contribution in [-0.2, 0) is 9.53 Å². The van der Waals surface area contributed by atoms with Crippen molar-refractivity contribution in [3.8, 4) is 0 Å². The number of hydrogen-bond acceptors (Lipinski definition) is 4. The Bertz CT molecular complexity index is 864. The lowest BCUT2D eigenvalue weighted by Gasteiger charge is -2.17. The minimum atomic E-state index is -0.373. The molecule has 3 rings (SSSR count). The number of hydrogen-bond donors (Lipinski definition) is 3. The summed E-state index contributed by atoms with van der Waals surface area (Å²) >= 11 is 0. The van der Waals surface area contributed by atoms with Crippen molar-refractivity contribution in [1.29, 1.82) is 0 Å². The van der Waals surface area contributed by atoms with Crippen molar-refractivity contribution in [3.05, 3.63) is 59.5 Å². The number of ether oxygens (including phenoxy) is 1. The third-order valence-electron chi connectivity index (χ3n) is 4.19. The number of fused-ring (bicyclic) bond motifs is 1. The van der Waals surface area contributed by atoms with Crippen LogP contribution in [0.5, 0.6) is 0 Å². The molecule has 1 amide bonds. The lowest BCUT2D eigenvalue weighted by Crippen LogP contribution is -2.21. The molecule has 0 bridgehead atoms. The van der Waals surface area contributed by atoms with Crippen LogP contribution in [-0.4, -0.2) is 25.7 Å². The van der Waals surface area contributed by atoms with Crippen molar-refractivity contribution in [2.24, 2.45) is 0 Å². The fourth-order valence-corrected chi connectivity index (χ4v) is 2.93. The van der Waals surface area contributed by atoms with E-state index >= 15 is 0 Å². The van der Waals surface area contributed by atoms with E-state index in [4.69, 9.17) is 4.74 Å². The van der Waals surface area contributed by atoms with E-state index < -0.39 is 0 Å². The van der Waals surface area contributed by atoms with Gasteiger partial charge in [0.2, 0.25) is 0 Å². The molecule has 1 aliphatic heterocycles. The molecular formula is C20H22FN3O2. The van der Waals surface area contributed by atoms with Crippen LogP contribution in [0.15, 0.2) is 42.6 Å². The highest BCUT2D eigenvalue weighted by Crippen LogP contribution is 2.32. The zero-order valence-electron chi connectivity index (χ0n) is 15.0. The number of rotatable bonds is 6. The second-order valence-corrected chi connectivity index (χ2v) is 6.38. The van der Waals surface area contributed by atoms with Crippen molar-refractivity contribution in [1.82, 2.24) is 0 Å². The quantitative estimate of drug-likeness (QED) is 0.686. The highest BCUT2D eigenvalue weighted by Gasteiger charge is 2.24. The Hall–Kier alpha value is -2.86. The van der Waals surface area contributed by atoms with E-state index in [1.54, 1.807) is 19.4 Å². The van der Waals surface area contributed by atoms with Crippen LogP contribution in [0.4, 0.5) is 21.5 Å². The Morgan fingerprint density at radius 2 is 2.08 bits per heavy atom. The third-order valence-corrected chi connectivity index (χ3v) is 4.19. The molecule has 0 saturated carbocycles. The predicted octanol–water partition coefficient (Wildman–Crippen LogP) is 3.99. The maximum atomic E-state index is 13.5. The summed E-state index contributed by atoms with van der Waals surface area (Å²) in [7, 11) is 1.68. The second-order valence-electron chi connectivity index (χ2n) is 6.38. The zero-order valence-corrected chi connectivity index (χ0v) is 15.0. The standard InChI is InChI=1S/C20H22FN3O2/c1-12-8-15(5-7-18(12)23-13(2)11-26-3)22-10-17-16-9-14(21)4-6-19(16)24-20(17)25/h4-10,13,22-23H,11H2,1-3H3,(H,24,25). The van der Waals surface area contributed by atoms with Gasteiger partial charge < -0.3 is 20.7 Å². The molecule has 1 heterocycles. The Morgan fingerprint density at radius 1 is 1.27 bits per heavy atom. The van der Waals surface area contributed by atoms with E-state index in [2.05, 4.69) is 22.9 Å². The summed E-state index contributed by atoms with van der Waals surface area (Å²) in [4.78, 5) is 12.1. The minimum Gasteiger partial charge on any atom is -0.383 e. The molecule has 0 fully saturated rings. The highest BCUT2D eigenvalue weighted by atomic mass is 19.1.